The van der Waals surface area contributed by atoms with Crippen molar-refractivity contribution in [1.29, 1.82) is 0 Å². The molecule has 0 spiro atoms. The Bertz CT molecular complexity index is 1290. The van der Waals surface area contributed by atoms with E-state index in [9.17, 15) is 14.4 Å². The first-order valence-corrected chi connectivity index (χ1v) is 11.3. The first-order valence-electron chi connectivity index (χ1n) is 10.6. The number of hydrogen-bond acceptors (Lipinski definition) is 4. The van der Waals surface area contributed by atoms with Gasteiger partial charge in [0.05, 0.1) is 5.69 Å². The second-order valence-corrected chi connectivity index (χ2v) is 8.57. The average molecular weight is 494 g/mol. The molecule has 0 atom stereocenters. The summed E-state index contributed by atoms with van der Waals surface area (Å²) < 4.78 is 0. The summed E-state index contributed by atoms with van der Waals surface area (Å²) in [6, 6.07) is 21.4. The number of nitrogens with zero attached hydrogens (tertiary/aromatic N) is 1. The second-order valence-electron chi connectivity index (χ2n) is 7.76. The molecule has 1 aliphatic heterocycles. The third-order valence-electron chi connectivity index (χ3n) is 5.40. The van der Waals surface area contributed by atoms with Crippen LogP contribution in [0, 0.1) is 6.92 Å². The standard InChI is InChI=1S/C26H21Cl2N3O3/c1-16-7-10-19(27)15-21(16)31-25(33)22(28)23(26(31)34)30-20-11-8-18(9-12-20)24(32)29-14-13-17-5-3-2-4-6-17/h2-12,15,30H,13-14H2,1H3,(H,29,32). The van der Waals surface area contributed by atoms with Gasteiger partial charge in [0.25, 0.3) is 17.7 Å². The van der Waals surface area contributed by atoms with Crippen molar-refractivity contribution in [2.75, 3.05) is 16.8 Å². The van der Waals surface area contributed by atoms with Crippen LogP contribution in [0.5, 0.6) is 0 Å². The Hall–Kier alpha value is -3.61. The van der Waals surface area contributed by atoms with Crippen LogP contribution in [0.4, 0.5) is 11.4 Å². The Morgan fingerprint density at radius 1 is 0.912 bits per heavy atom. The highest BCUT2D eigenvalue weighted by Crippen LogP contribution is 2.33. The molecule has 0 saturated carbocycles. The number of halogens is 2. The van der Waals surface area contributed by atoms with Crippen LogP contribution in [0.15, 0.2) is 83.5 Å². The van der Waals surface area contributed by atoms with E-state index in [4.69, 9.17) is 23.2 Å². The lowest BCUT2D eigenvalue weighted by atomic mass is 10.1. The normalized spacial score (nSPS) is 13.4. The quantitative estimate of drug-likeness (QED) is 0.451. The lowest BCUT2D eigenvalue weighted by Gasteiger charge is -2.17. The number of nitrogens with one attached hydrogen (secondary N) is 2. The Morgan fingerprint density at radius 2 is 1.62 bits per heavy atom. The molecule has 4 rings (SSSR count). The van der Waals surface area contributed by atoms with Crippen molar-refractivity contribution in [2.24, 2.45) is 0 Å². The number of rotatable bonds is 7. The maximum absolute atomic E-state index is 13.0. The Kier molecular flexibility index (Phi) is 7.01. The maximum atomic E-state index is 13.0. The van der Waals surface area contributed by atoms with Crippen LogP contribution in [0.3, 0.4) is 0 Å². The van der Waals surface area contributed by atoms with Gasteiger partial charge in [0.2, 0.25) is 0 Å². The average Bonchev–Trinajstić information content (AvgIpc) is 3.04. The van der Waals surface area contributed by atoms with Crippen molar-refractivity contribution >= 4 is 52.3 Å². The minimum Gasteiger partial charge on any atom is -0.352 e. The van der Waals surface area contributed by atoms with E-state index < -0.39 is 11.8 Å². The fourth-order valence-electron chi connectivity index (χ4n) is 3.57. The highest BCUT2D eigenvalue weighted by molar-refractivity contribution is 6.53. The summed E-state index contributed by atoms with van der Waals surface area (Å²) in [5, 5.41) is 5.98. The van der Waals surface area contributed by atoms with E-state index in [-0.39, 0.29) is 16.6 Å². The van der Waals surface area contributed by atoms with Gasteiger partial charge in [0.15, 0.2) is 0 Å². The van der Waals surface area contributed by atoms with Crippen LogP contribution < -0.4 is 15.5 Å². The van der Waals surface area contributed by atoms with Crippen molar-refractivity contribution in [3.05, 3.63) is 105 Å². The predicted molar refractivity (Wildman–Crippen MR) is 134 cm³/mol. The van der Waals surface area contributed by atoms with Gasteiger partial charge in [0, 0.05) is 22.8 Å². The highest BCUT2D eigenvalue weighted by atomic mass is 35.5. The monoisotopic (exact) mass is 493 g/mol. The van der Waals surface area contributed by atoms with Crippen molar-refractivity contribution in [1.82, 2.24) is 5.32 Å². The highest BCUT2D eigenvalue weighted by Gasteiger charge is 2.39. The number of hydrogen-bond donors (Lipinski definition) is 2. The van der Waals surface area contributed by atoms with Crippen LogP contribution in [-0.4, -0.2) is 24.3 Å². The van der Waals surface area contributed by atoms with Gasteiger partial charge in [-0.1, -0.05) is 59.6 Å². The molecule has 3 aromatic rings. The van der Waals surface area contributed by atoms with Gasteiger partial charge < -0.3 is 10.6 Å². The summed E-state index contributed by atoms with van der Waals surface area (Å²) in [6.45, 7) is 2.29. The third-order valence-corrected chi connectivity index (χ3v) is 5.98. The maximum Gasteiger partial charge on any atom is 0.283 e. The van der Waals surface area contributed by atoms with Gasteiger partial charge in [-0.05, 0) is 60.9 Å². The molecule has 2 N–H and O–H groups in total. The van der Waals surface area contributed by atoms with Crippen molar-refractivity contribution in [2.45, 2.75) is 13.3 Å². The second kappa shape index (κ2) is 10.1. The largest absolute Gasteiger partial charge is 0.352 e. The van der Waals surface area contributed by atoms with E-state index in [1.807, 2.05) is 30.3 Å². The Labute approximate surface area is 207 Å². The molecule has 8 heteroatoms. The topological polar surface area (TPSA) is 78.5 Å². The molecule has 0 radical (unpaired) electrons. The third kappa shape index (κ3) is 4.98. The van der Waals surface area contributed by atoms with Gasteiger partial charge in [-0.2, -0.15) is 0 Å². The molecular formula is C26H21Cl2N3O3. The minimum absolute atomic E-state index is 0.0360. The van der Waals surface area contributed by atoms with Crippen LogP contribution >= 0.6 is 23.2 Å². The van der Waals surface area contributed by atoms with Crippen LogP contribution in [0.2, 0.25) is 5.02 Å². The summed E-state index contributed by atoms with van der Waals surface area (Å²) in [6.07, 6.45) is 0.734. The fraction of sp³-hybridized carbons (Fsp3) is 0.115. The Balaban J connectivity index is 1.41. The number of benzene rings is 3. The van der Waals surface area contributed by atoms with Gasteiger partial charge in [-0.3, -0.25) is 14.4 Å². The zero-order chi connectivity index (χ0) is 24.2. The lowest BCUT2D eigenvalue weighted by molar-refractivity contribution is -0.120. The molecule has 0 unspecified atom stereocenters. The number of aryl methyl sites for hydroxylation is 1. The first-order chi connectivity index (χ1) is 16.3. The predicted octanol–water partition coefficient (Wildman–Crippen LogP) is 5.06. The number of anilines is 2. The van der Waals surface area contributed by atoms with E-state index in [1.165, 1.54) is 0 Å². The van der Waals surface area contributed by atoms with Crippen LogP contribution in [0.25, 0.3) is 0 Å². The summed E-state index contributed by atoms with van der Waals surface area (Å²) in [5.41, 5.74) is 3.18. The molecule has 3 amide bonds. The molecule has 1 aliphatic rings. The van der Waals surface area contributed by atoms with Gasteiger partial charge in [0.1, 0.15) is 10.7 Å². The van der Waals surface area contributed by atoms with Gasteiger partial charge in [-0.25, -0.2) is 4.90 Å². The van der Waals surface area contributed by atoms with Gasteiger partial charge >= 0.3 is 0 Å². The SMILES string of the molecule is Cc1ccc(Cl)cc1N1C(=O)C(Cl)=C(Nc2ccc(C(=O)NCCc3ccccc3)cc2)C1=O. The summed E-state index contributed by atoms with van der Waals surface area (Å²) >= 11 is 12.3. The Morgan fingerprint density at radius 3 is 2.32 bits per heavy atom. The number of carbonyl (C=O) groups excluding carboxylic acids is 3. The van der Waals surface area contributed by atoms with Crippen molar-refractivity contribution in [3.8, 4) is 0 Å². The molecule has 0 aromatic heterocycles. The summed E-state index contributed by atoms with van der Waals surface area (Å²) in [4.78, 5) is 39.1. The molecule has 3 aromatic carbocycles. The van der Waals surface area contributed by atoms with E-state index in [1.54, 1.807) is 49.4 Å². The molecule has 0 bridgehead atoms. The first kappa shape index (κ1) is 23.5. The zero-order valence-electron chi connectivity index (χ0n) is 18.3. The van der Waals surface area contributed by atoms with Crippen LogP contribution in [-0.2, 0) is 16.0 Å². The molecule has 1 heterocycles. The summed E-state index contributed by atoms with van der Waals surface area (Å²) in [5.74, 6) is -1.41. The van der Waals surface area contributed by atoms with Gasteiger partial charge in [-0.15, -0.1) is 0 Å². The summed E-state index contributed by atoms with van der Waals surface area (Å²) in [7, 11) is 0. The van der Waals surface area contributed by atoms with Crippen molar-refractivity contribution < 1.29 is 14.4 Å². The zero-order valence-corrected chi connectivity index (χ0v) is 19.8. The molecule has 6 nitrogen and oxygen atoms in total. The van der Waals surface area contributed by atoms with E-state index in [2.05, 4.69) is 10.6 Å². The smallest absolute Gasteiger partial charge is 0.283 e. The number of amides is 3. The molecule has 34 heavy (non-hydrogen) atoms. The molecule has 172 valence electrons. The molecule has 0 aliphatic carbocycles. The van der Waals surface area contributed by atoms with Crippen molar-refractivity contribution in [3.63, 3.8) is 0 Å². The molecular weight excluding hydrogens is 473 g/mol. The van der Waals surface area contributed by atoms with E-state index in [0.29, 0.717) is 34.1 Å². The van der Waals surface area contributed by atoms with Crippen LogP contribution in [0.1, 0.15) is 21.5 Å². The molecule has 0 fully saturated rings. The lowest BCUT2D eigenvalue weighted by Crippen LogP contribution is -2.32. The minimum atomic E-state index is -0.631. The molecule has 0 saturated heterocycles. The van der Waals surface area contributed by atoms with E-state index in [0.717, 1.165) is 16.9 Å². The fourth-order valence-corrected chi connectivity index (χ4v) is 3.95. The number of imide groups is 1. The number of carbonyl (C=O) groups is 3. The van der Waals surface area contributed by atoms with E-state index >= 15 is 0 Å².